The average molecular weight is 351 g/mol. The second-order valence-corrected chi connectivity index (χ2v) is 7.11. The zero-order valence-electron chi connectivity index (χ0n) is 15.6. The third-order valence-corrected chi connectivity index (χ3v) is 5.24. The molecule has 3 heteroatoms. The number of methoxy groups -OCH3 is 1. The van der Waals surface area contributed by atoms with Gasteiger partial charge in [-0.25, -0.2) is 0 Å². The van der Waals surface area contributed by atoms with Crippen LogP contribution in [0.1, 0.15) is 36.8 Å². The molecule has 0 heterocycles. The smallest absolute Gasteiger partial charge is 0.161 e. The number of rotatable bonds is 8. The maximum Gasteiger partial charge on any atom is 0.161 e. The zero-order chi connectivity index (χ0) is 18.2. The van der Waals surface area contributed by atoms with Crippen molar-refractivity contribution in [2.24, 2.45) is 11.1 Å². The normalized spacial score (nSPS) is 19.3. The molecule has 0 radical (unpaired) electrons. The first-order valence-electron chi connectivity index (χ1n) is 9.46. The molecule has 1 unspecified atom stereocenters. The molecule has 3 nitrogen and oxygen atoms in total. The highest BCUT2D eigenvalue weighted by Crippen LogP contribution is 2.38. The van der Waals surface area contributed by atoms with Gasteiger partial charge in [0, 0.05) is 6.54 Å². The lowest BCUT2D eigenvalue weighted by molar-refractivity contribution is 0.211. The van der Waals surface area contributed by atoms with E-state index in [9.17, 15) is 0 Å². The van der Waals surface area contributed by atoms with Gasteiger partial charge >= 0.3 is 0 Å². The molecule has 0 spiro atoms. The molecular weight excluding hydrogens is 322 g/mol. The monoisotopic (exact) mass is 351 g/mol. The first-order chi connectivity index (χ1) is 12.7. The van der Waals surface area contributed by atoms with Crippen LogP contribution in [0.3, 0.4) is 0 Å². The van der Waals surface area contributed by atoms with E-state index in [1.165, 1.54) is 24.8 Å². The van der Waals surface area contributed by atoms with Crippen LogP contribution in [-0.2, 0) is 13.0 Å². The molecular formula is C23H29NO2. The van der Waals surface area contributed by atoms with E-state index in [2.05, 4.69) is 42.5 Å². The van der Waals surface area contributed by atoms with Crippen LogP contribution in [0.25, 0.3) is 0 Å². The minimum absolute atomic E-state index is 0.185. The highest BCUT2D eigenvalue weighted by molar-refractivity contribution is 5.42. The van der Waals surface area contributed by atoms with E-state index in [4.69, 9.17) is 15.2 Å². The molecule has 0 aliphatic heterocycles. The number of ether oxygens (including phenoxy) is 2. The Bertz CT molecular complexity index is 726. The van der Waals surface area contributed by atoms with Gasteiger partial charge in [-0.05, 0) is 60.8 Å². The van der Waals surface area contributed by atoms with Crippen molar-refractivity contribution < 1.29 is 9.47 Å². The first-order valence-corrected chi connectivity index (χ1v) is 9.46. The van der Waals surface area contributed by atoms with Crippen molar-refractivity contribution in [2.75, 3.05) is 13.7 Å². The molecule has 0 saturated carbocycles. The highest BCUT2D eigenvalue weighted by atomic mass is 16.5. The molecule has 3 rings (SSSR count). The summed E-state index contributed by atoms with van der Waals surface area (Å²) in [5.41, 5.74) is 8.33. The molecule has 0 amide bonds. The minimum atomic E-state index is 0.185. The molecule has 0 aromatic heterocycles. The highest BCUT2D eigenvalue weighted by Gasteiger charge is 2.29. The zero-order valence-corrected chi connectivity index (χ0v) is 15.6. The molecule has 26 heavy (non-hydrogen) atoms. The summed E-state index contributed by atoms with van der Waals surface area (Å²) in [6, 6.07) is 16.7. The summed E-state index contributed by atoms with van der Waals surface area (Å²) in [4.78, 5) is 0. The van der Waals surface area contributed by atoms with Crippen molar-refractivity contribution in [1.82, 2.24) is 0 Å². The van der Waals surface area contributed by atoms with Gasteiger partial charge in [0.1, 0.15) is 0 Å². The third-order valence-electron chi connectivity index (χ3n) is 5.24. The van der Waals surface area contributed by atoms with E-state index in [1.54, 1.807) is 7.11 Å². The average Bonchev–Trinajstić information content (AvgIpc) is 2.69. The summed E-state index contributed by atoms with van der Waals surface area (Å²) in [7, 11) is 1.67. The molecule has 0 fully saturated rings. The van der Waals surface area contributed by atoms with Crippen LogP contribution >= 0.6 is 0 Å². The van der Waals surface area contributed by atoms with E-state index in [-0.39, 0.29) is 5.41 Å². The van der Waals surface area contributed by atoms with Crippen LogP contribution in [0.4, 0.5) is 0 Å². The van der Waals surface area contributed by atoms with E-state index in [1.807, 2.05) is 18.2 Å². The largest absolute Gasteiger partial charge is 0.493 e. The van der Waals surface area contributed by atoms with Crippen molar-refractivity contribution >= 4 is 0 Å². The summed E-state index contributed by atoms with van der Waals surface area (Å²) in [5.74, 6) is 1.54. The summed E-state index contributed by atoms with van der Waals surface area (Å²) in [6.45, 7) is 1.18. The van der Waals surface area contributed by atoms with Gasteiger partial charge in [-0.15, -0.1) is 0 Å². The van der Waals surface area contributed by atoms with Gasteiger partial charge in [0.2, 0.25) is 0 Å². The Morgan fingerprint density at radius 2 is 1.88 bits per heavy atom. The van der Waals surface area contributed by atoms with Crippen LogP contribution in [0.5, 0.6) is 11.5 Å². The van der Waals surface area contributed by atoms with Gasteiger partial charge < -0.3 is 15.2 Å². The molecule has 2 N–H and O–H groups in total. The lowest BCUT2D eigenvalue weighted by Crippen LogP contribution is -2.26. The van der Waals surface area contributed by atoms with Gasteiger partial charge in [-0.1, -0.05) is 48.6 Å². The van der Waals surface area contributed by atoms with Gasteiger partial charge in [0.05, 0.1) is 13.7 Å². The lowest BCUT2D eigenvalue weighted by atomic mass is 9.72. The Morgan fingerprint density at radius 3 is 2.58 bits per heavy atom. The number of allylic oxidation sites excluding steroid dienone is 2. The predicted molar refractivity (Wildman–Crippen MR) is 107 cm³/mol. The second-order valence-electron chi connectivity index (χ2n) is 7.11. The second kappa shape index (κ2) is 8.91. The minimum Gasteiger partial charge on any atom is -0.493 e. The Morgan fingerprint density at radius 1 is 1.04 bits per heavy atom. The molecule has 138 valence electrons. The van der Waals surface area contributed by atoms with Crippen LogP contribution in [-0.4, -0.2) is 13.7 Å². The topological polar surface area (TPSA) is 44.5 Å². The van der Waals surface area contributed by atoms with Gasteiger partial charge in [-0.2, -0.15) is 0 Å². The molecule has 1 atom stereocenters. The Balaban J connectivity index is 1.67. The van der Waals surface area contributed by atoms with Crippen molar-refractivity contribution in [2.45, 2.75) is 38.6 Å². The van der Waals surface area contributed by atoms with Gasteiger partial charge in [0.15, 0.2) is 11.5 Å². The Labute approximate surface area is 156 Å². The fourth-order valence-corrected chi connectivity index (χ4v) is 3.76. The Kier molecular flexibility index (Phi) is 6.35. The number of hydrogen-bond acceptors (Lipinski definition) is 3. The molecule has 2 aromatic carbocycles. The maximum atomic E-state index is 6.09. The summed E-state index contributed by atoms with van der Waals surface area (Å²) < 4.78 is 11.5. The quantitative estimate of drug-likeness (QED) is 0.689. The van der Waals surface area contributed by atoms with Crippen LogP contribution in [0, 0.1) is 5.41 Å². The number of hydrogen-bond donors (Lipinski definition) is 1. The molecule has 0 saturated heterocycles. The van der Waals surface area contributed by atoms with E-state index < -0.39 is 0 Å². The fraction of sp³-hybridized carbons (Fsp3) is 0.391. The van der Waals surface area contributed by atoms with Crippen molar-refractivity contribution in [3.63, 3.8) is 0 Å². The SMILES string of the molecule is COc1cc(CN)ccc1OCCC1(Cc2ccccc2)C=CCCC1. The van der Waals surface area contributed by atoms with Gasteiger partial charge in [-0.3, -0.25) is 0 Å². The van der Waals surface area contributed by atoms with Crippen LogP contribution in [0.15, 0.2) is 60.7 Å². The van der Waals surface area contributed by atoms with E-state index in [0.717, 1.165) is 29.9 Å². The molecule has 2 aromatic rings. The first kappa shape index (κ1) is 18.5. The summed E-state index contributed by atoms with van der Waals surface area (Å²) in [5, 5.41) is 0. The molecule has 1 aliphatic carbocycles. The molecule has 0 bridgehead atoms. The standard InChI is InChI=1S/C23H29NO2/c1-25-22-16-20(18-24)10-11-21(22)26-15-14-23(12-6-3-7-13-23)17-19-8-4-2-5-9-19/h2,4-6,8-12,16H,3,7,13-15,17-18,24H2,1H3. The van der Waals surface area contributed by atoms with Crippen LogP contribution in [0.2, 0.25) is 0 Å². The fourth-order valence-electron chi connectivity index (χ4n) is 3.76. The lowest BCUT2D eigenvalue weighted by Gasteiger charge is -2.33. The van der Waals surface area contributed by atoms with Crippen molar-refractivity contribution in [3.05, 3.63) is 71.8 Å². The summed E-state index contributed by atoms with van der Waals surface area (Å²) in [6.07, 6.45) is 10.5. The van der Waals surface area contributed by atoms with Crippen LogP contribution < -0.4 is 15.2 Å². The number of nitrogens with two attached hydrogens (primary N) is 1. The maximum absolute atomic E-state index is 6.09. The number of benzene rings is 2. The third kappa shape index (κ3) is 4.67. The Hall–Kier alpha value is -2.26. The van der Waals surface area contributed by atoms with E-state index >= 15 is 0 Å². The predicted octanol–water partition coefficient (Wildman–Crippen LogP) is 4.89. The van der Waals surface area contributed by atoms with Crippen molar-refractivity contribution in [3.8, 4) is 11.5 Å². The van der Waals surface area contributed by atoms with Crippen molar-refractivity contribution in [1.29, 1.82) is 0 Å². The molecule has 1 aliphatic rings. The summed E-state index contributed by atoms with van der Waals surface area (Å²) >= 11 is 0. The van der Waals surface area contributed by atoms with Gasteiger partial charge in [0.25, 0.3) is 0 Å². The van der Waals surface area contributed by atoms with E-state index in [0.29, 0.717) is 13.2 Å².